The SMILES string of the molecule is CCC(C)NCC(=O)Cc1cc(C)nn1C. The van der Waals surface area contributed by atoms with Gasteiger partial charge in [0.15, 0.2) is 5.78 Å². The van der Waals surface area contributed by atoms with E-state index in [1.165, 1.54) is 0 Å². The minimum atomic E-state index is 0.211. The summed E-state index contributed by atoms with van der Waals surface area (Å²) in [4.78, 5) is 11.7. The maximum absolute atomic E-state index is 11.7. The molecule has 0 radical (unpaired) electrons. The van der Waals surface area contributed by atoms with Crippen LogP contribution < -0.4 is 5.32 Å². The molecule has 1 N–H and O–H groups in total. The Morgan fingerprint density at radius 3 is 2.81 bits per heavy atom. The van der Waals surface area contributed by atoms with Gasteiger partial charge in [0.2, 0.25) is 0 Å². The van der Waals surface area contributed by atoms with Gasteiger partial charge < -0.3 is 5.32 Å². The molecule has 0 fully saturated rings. The summed E-state index contributed by atoms with van der Waals surface area (Å²) in [7, 11) is 1.87. The number of nitrogens with one attached hydrogen (secondary N) is 1. The molecule has 1 aromatic heterocycles. The Hall–Kier alpha value is -1.16. The highest BCUT2D eigenvalue weighted by Gasteiger charge is 2.09. The Labute approximate surface area is 97.0 Å². The van der Waals surface area contributed by atoms with Gasteiger partial charge in [-0.15, -0.1) is 0 Å². The minimum Gasteiger partial charge on any atom is -0.307 e. The van der Waals surface area contributed by atoms with Crippen molar-refractivity contribution in [2.45, 2.75) is 39.7 Å². The predicted octanol–water partition coefficient (Wildman–Crippen LogP) is 1.23. The maximum Gasteiger partial charge on any atom is 0.152 e. The highest BCUT2D eigenvalue weighted by atomic mass is 16.1. The second kappa shape index (κ2) is 5.80. The van der Waals surface area contributed by atoms with Gasteiger partial charge in [0.05, 0.1) is 12.2 Å². The minimum absolute atomic E-state index is 0.211. The molecule has 0 spiro atoms. The van der Waals surface area contributed by atoms with Crippen molar-refractivity contribution in [1.29, 1.82) is 0 Å². The van der Waals surface area contributed by atoms with Crippen LogP contribution in [0.5, 0.6) is 0 Å². The second-order valence-corrected chi connectivity index (χ2v) is 4.31. The first-order valence-electron chi connectivity index (χ1n) is 5.77. The van der Waals surface area contributed by atoms with E-state index in [0.717, 1.165) is 17.8 Å². The van der Waals surface area contributed by atoms with Gasteiger partial charge >= 0.3 is 0 Å². The van der Waals surface area contributed by atoms with Crippen molar-refractivity contribution >= 4 is 5.78 Å². The molecule has 0 aromatic carbocycles. The summed E-state index contributed by atoms with van der Waals surface area (Å²) in [5.41, 5.74) is 1.94. The van der Waals surface area contributed by atoms with Gasteiger partial charge in [-0.3, -0.25) is 9.48 Å². The molecular formula is C12H21N3O. The van der Waals surface area contributed by atoms with Crippen molar-refractivity contribution in [2.24, 2.45) is 7.05 Å². The average Bonchev–Trinajstić information content (AvgIpc) is 2.54. The van der Waals surface area contributed by atoms with Crippen LogP contribution >= 0.6 is 0 Å². The highest BCUT2D eigenvalue weighted by molar-refractivity contribution is 5.82. The molecule has 0 aliphatic carbocycles. The van der Waals surface area contributed by atoms with Crippen molar-refractivity contribution in [3.05, 3.63) is 17.5 Å². The molecule has 4 nitrogen and oxygen atoms in total. The number of hydrogen-bond acceptors (Lipinski definition) is 3. The summed E-state index contributed by atoms with van der Waals surface area (Å²) in [6, 6.07) is 2.36. The molecule has 1 atom stereocenters. The molecule has 1 rings (SSSR count). The topological polar surface area (TPSA) is 46.9 Å². The number of nitrogens with zero attached hydrogens (tertiary/aromatic N) is 2. The van der Waals surface area contributed by atoms with Crippen LogP contribution in [0, 0.1) is 6.92 Å². The molecule has 0 saturated heterocycles. The number of ketones is 1. The van der Waals surface area contributed by atoms with Crippen molar-refractivity contribution in [3.8, 4) is 0 Å². The van der Waals surface area contributed by atoms with E-state index in [2.05, 4.69) is 24.3 Å². The first kappa shape index (κ1) is 12.9. The fourth-order valence-corrected chi connectivity index (χ4v) is 1.53. The molecule has 1 unspecified atom stereocenters. The van der Waals surface area contributed by atoms with E-state index in [-0.39, 0.29) is 5.78 Å². The van der Waals surface area contributed by atoms with Crippen molar-refractivity contribution in [3.63, 3.8) is 0 Å². The zero-order valence-corrected chi connectivity index (χ0v) is 10.6. The molecule has 0 bridgehead atoms. The Morgan fingerprint density at radius 1 is 1.62 bits per heavy atom. The summed E-state index contributed by atoms with van der Waals surface area (Å²) in [6.45, 7) is 6.57. The van der Waals surface area contributed by atoms with Crippen LogP contribution in [0.15, 0.2) is 6.07 Å². The first-order chi connectivity index (χ1) is 7.52. The van der Waals surface area contributed by atoms with Crippen LogP contribution in [0.2, 0.25) is 0 Å². The van der Waals surface area contributed by atoms with Gasteiger partial charge in [0, 0.05) is 25.2 Å². The van der Waals surface area contributed by atoms with E-state index < -0.39 is 0 Å². The predicted molar refractivity (Wildman–Crippen MR) is 64.4 cm³/mol. The number of carbonyl (C=O) groups excluding carboxylic acids is 1. The molecule has 90 valence electrons. The maximum atomic E-state index is 11.7. The molecule has 0 aliphatic heterocycles. The molecule has 4 heteroatoms. The largest absolute Gasteiger partial charge is 0.307 e. The summed E-state index contributed by atoms with van der Waals surface area (Å²) in [5.74, 6) is 0.211. The first-order valence-corrected chi connectivity index (χ1v) is 5.77. The van der Waals surface area contributed by atoms with Gasteiger partial charge in [-0.1, -0.05) is 6.92 Å². The average molecular weight is 223 g/mol. The molecule has 0 saturated carbocycles. The van der Waals surface area contributed by atoms with E-state index in [1.54, 1.807) is 4.68 Å². The summed E-state index contributed by atoms with van der Waals surface area (Å²) >= 11 is 0. The number of aromatic nitrogens is 2. The van der Waals surface area contributed by atoms with E-state index in [1.807, 2.05) is 20.0 Å². The van der Waals surface area contributed by atoms with Gasteiger partial charge in [0.1, 0.15) is 0 Å². The fourth-order valence-electron chi connectivity index (χ4n) is 1.53. The third-order valence-electron chi connectivity index (χ3n) is 2.74. The molecular weight excluding hydrogens is 202 g/mol. The zero-order valence-electron chi connectivity index (χ0n) is 10.6. The Bertz CT molecular complexity index is 357. The lowest BCUT2D eigenvalue weighted by atomic mass is 10.2. The van der Waals surface area contributed by atoms with Crippen LogP contribution in [-0.4, -0.2) is 28.2 Å². The standard InChI is InChI=1S/C12H21N3O/c1-5-9(2)13-8-12(16)7-11-6-10(3)14-15(11)4/h6,9,13H,5,7-8H2,1-4H3. The lowest BCUT2D eigenvalue weighted by molar-refractivity contribution is -0.117. The van der Waals surface area contributed by atoms with Crippen molar-refractivity contribution in [1.82, 2.24) is 15.1 Å². The summed E-state index contributed by atoms with van der Waals surface area (Å²) < 4.78 is 1.77. The highest BCUT2D eigenvalue weighted by Crippen LogP contribution is 2.03. The molecule has 1 aromatic rings. The van der Waals surface area contributed by atoms with E-state index in [4.69, 9.17) is 0 Å². The van der Waals surface area contributed by atoms with Crippen molar-refractivity contribution < 1.29 is 4.79 Å². The monoisotopic (exact) mass is 223 g/mol. The molecule has 0 aliphatic rings. The van der Waals surface area contributed by atoms with E-state index in [9.17, 15) is 4.79 Å². The number of carbonyl (C=O) groups is 1. The molecule has 1 heterocycles. The summed E-state index contributed by atoms with van der Waals surface area (Å²) in [5, 5.41) is 7.42. The molecule has 0 amide bonds. The lowest BCUT2D eigenvalue weighted by Gasteiger charge is -2.10. The Kier molecular flexibility index (Phi) is 4.68. The smallest absolute Gasteiger partial charge is 0.152 e. The third-order valence-corrected chi connectivity index (χ3v) is 2.74. The van der Waals surface area contributed by atoms with Crippen LogP contribution in [0.3, 0.4) is 0 Å². The van der Waals surface area contributed by atoms with Crippen LogP contribution in [-0.2, 0) is 18.3 Å². The fraction of sp³-hybridized carbons (Fsp3) is 0.667. The number of hydrogen-bond donors (Lipinski definition) is 1. The second-order valence-electron chi connectivity index (χ2n) is 4.31. The van der Waals surface area contributed by atoms with E-state index in [0.29, 0.717) is 19.0 Å². The Balaban J connectivity index is 2.43. The van der Waals surface area contributed by atoms with Crippen molar-refractivity contribution in [2.75, 3.05) is 6.54 Å². The van der Waals surface area contributed by atoms with Gasteiger partial charge in [-0.2, -0.15) is 5.10 Å². The lowest BCUT2D eigenvalue weighted by Crippen LogP contribution is -2.31. The van der Waals surface area contributed by atoms with Gasteiger partial charge in [-0.25, -0.2) is 0 Å². The number of rotatable bonds is 6. The van der Waals surface area contributed by atoms with Crippen LogP contribution in [0.4, 0.5) is 0 Å². The summed E-state index contributed by atoms with van der Waals surface area (Å²) in [6.07, 6.45) is 1.50. The normalized spacial score (nSPS) is 12.8. The van der Waals surface area contributed by atoms with Crippen LogP contribution in [0.1, 0.15) is 31.7 Å². The van der Waals surface area contributed by atoms with E-state index >= 15 is 0 Å². The number of aryl methyl sites for hydroxylation is 2. The van der Waals surface area contributed by atoms with Gasteiger partial charge in [-0.05, 0) is 26.3 Å². The molecule has 16 heavy (non-hydrogen) atoms. The van der Waals surface area contributed by atoms with Gasteiger partial charge in [0.25, 0.3) is 0 Å². The Morgan fingerprint density at radius 2 is 2.31 bits per heavy atom. The quantitative estimate of drug-likeness (QED) is 0.789. The van der Waals surface area contributed by atoms with Crippen LogP contribution in [0.25, 0.3) is 0 Å². The number of Topliss-reactive ketones (excluding diaryl/α,β-unsaturated/α-hetero) is 1. The zero-order chi connectivity index (χ0) is 12.1. The third kappa shape index (κ3) is 3.77.